The van der Waals surface area contributed by atoms with Crippen LogP contribution in [0.25, 0.3) is 5.65 Å². The highest BCUT2D eigenvalue weighted by atomic mass is 15.5. The molecule has 0 aliphatic heterocycles. The van der Waals surface area contributed by atoms with Crippen molar-refractivity contribution < 1.29 is 0 Å². The molecule has 5 rings (SSSR count). The molecule has 0 saturated heterocycles. The summed E-state index contributed by atoms with van der Waals surface area (Å²) in [5.74, 6) is 1.70. The maximum atomic E-state index is 8.98. The number of nitrogens with zero attached hydrogens (tertiary/aromatic N) is 8. The second kappa shape index (κ2) is 7.52. The van der Waals surface area contributed by atoms with E-state index in [-0.39, 0.29) is 5.41 Å². The van der Waals surface area contributed by atoms with E-state index in [2.05, 4.69) is 88.4 Å². The third kappa shape index (κ3) is 3.00. The fourth-order valence-corrected chi connectivity index (χ4v) is 4.85. The second-order valence-corrected chi connectivity index (χ2v) is 9.20. The van der Waals surface area contributed by atoms with Gasteiger partial charge in [0, 0.05) is 11.8 Å². The number of nitriles is 1. The molecule has 1 aromatic carbocycles. The molecule has 3 heterocycles. The van der Waals surface area contributed by atoms with Crippen LogP contribution < -0.4 is 0 Å². The Hall–Kier alpha value is -3.60. The fourth-order valence-electron chi connectivity index (χ4n) is 4.85. The number of pyridine rings is 1. The van der Waals surface area contributed by atoms with E-state index in [1.165, 1.54) is 17.5 Å². The molecule has 4 aromatic rings. The van der Waals surface area contributed by atoms with Crippen LogP contribution >= 0.6 is 0 Å². The quantitative estimate of drug-likeness (QED) is 0.466. The first-order chi connectivity index (χ1) is 15.5. The van der Waals surface area contributed by atoms with Crippen LogP contribution in [0.15, 0.2) is 42.6 Å². The molecule has 1 fully saturated rings. The molecule has 8 nitrogen and oxygen atoms in total. The lowest BCUT2D eigenvalue weighted by Crippen LogP contribution is -2.37. The van der Waals surface area contributed by atoms with Crippen molar-refractivity contribution in [2.75, 3.05) is 0 Å². The largest absolute Gasteiger partial charge is 0.285 e. The van der Waals surface area contributed by atoms with E-state index in [1.807, 2.05) is 6.07 Å². The zero-order valence-corrected chi connectivity index (χ0v) is 18.7. The number of rotatable bonds is 6. The predicted molar refractivity (Wildman–Crippen MR) is 119 cm³/mol. The molecule has 1 aliphatic carbocycles. The summed E-state index contributed by atoms with van der Waals surface area (Å²) in [6.45, 7) is 6.75. The van der Waals surface area contributed by atoms with Crippen molar-refractivity contribution in [2.24, 2.45) is 0 Å². The molecule has 0 bridgehead atoms. The first-order valence-corrected chi connectivity index (χ1v) is 11.0. The van der Waals surface area contributed by atoms with E-state index in [0.717, 1.165) is 29.9 Å². The Morgan fingerprint density at radius 2 is 1.88 bits per heavy atom. The second-order valence-electron chi connectivity index (χ2n) is 9.20. The summed E-state index contributed by atoms with van der Waals surface area (Å²) in [6.07, 6.45) is 5.72. The molecule has 0 unspecified atom stereocenters. The highest BCUT2D eigenvalue weighted by Crippen LogP contribution is 2.48. The van der Waals surface area contributed by atoms with Gasteiger partial charge < -0.3 is 0 Å². The first kappa shape index (κ1) is 20.3. The zero-order chi connectivity index (χ0) is 22.3. The lowest BCUT2D eigenvalue weighted by molar-refractivity contribution is 0.283. The van der Waals surface area contributed by atoms with Gasteiger partial charge in [0.1, 0.15) is 5.82 Å². The fraction of sp³-hybridized carbons (Fsp3) is 0.417. The molecule has 8 heteroatoms. The lowest BCUT2D eigenvalue weighted by atomic mass is 9.63. The number of fused-ring (bicyclic) bond motifs is 1. The van der Waals surface area contributed by atoms with Gasteiger partial charge in [-0.1, -0.05) is 42.3 Å². The summed E-state index contributed by atoms with van der Waals surface area (Å²) in [7, 11) is 0. The summed E-state index contributed by atoms with van der Waals surface area (Å²) in [6, 6.07) is 15.1. The molecule has 32 heavy (non-hydrogen) atoms. The number of aromatic nitrogens is 7. The standard InChI is InChI=1S/C24H26N8/c1-17-8-10-18(11-9-17)24(12-5-13-24)22-27-26-20-19(7-4-15-31(20)22)23(2,3)21-28-29-30-32(21)16-6-14-25/h4,7-11,15H,5-6,12-13,16H2,1-3H3. The maximum absolute atomic E-state index is 8.98. The average molecular weight is 427 g/mol. The van der Waals surface area contributed by atoms with Crippen molar-refractivity contribution in [1.29, 1.82) is 5.26 Å². The van der Waals surface area contributed by atoms with E-state index < -0.39 is 5.41 Å². The van der Waals surface area contributed by atoms with Crippen LogP contribution in [-0.2, 0) is 17.4 Å². The monoisotopic (exact) mass is 426 g/mol. The minimum absolute atomic E-state index is 0.107. The third-order valence-electron chi connectivity index (χ3n) is 6.87. The van der Waals surface area contributed by atoms with Crippen LogP contribution in [0.2, 0.25) is 0 Å². The van der Waals surface area contributed by atoms with E-state index >= 15 is 0 Å². The van der Waals surface area contributed by atoms with Gasteiger partial charge in [0.2, 0.25) is 0 Å². The number of hydrogen-bond acceptors (Lipinski definition) is 6. The molecule has 0 amide bonds. The van der Waals surface area contributed by atoms with Crippen LogP contribution in [0, 0.1) is 18.3 Å². The summed E-state index contributed by atoms with van der Waals surface area (Å²) in [5.41, 5.74) is 3.76. The normalized spacial score (nSPS) is 15.4. The van der Waals surface area contributed by atoms with E-state index in [4.69, 9.17) is 10.4 Å². The van der Waals surface area contributed by atoms with Gasteiger partial charge >= 0.3 is 0 Å². The Balaban J connectivity index is 1.62. The van der Waals surface area contributed by atoms with Gasteiger partial charge in [-0.25, -0.2) is 4.68 Å². The van der Waals surface area contributed by atoms with E-state index in [0.29, 0.717) is 18.8 Å². The minimum atomic E-state index is -0.512. The van der Waals surface area contributed by atoms with Crippen molar-refractivity contribution in [3.05, 3.63) is 70.9 Å². The third-order valence-corrected chi connectivity index (χ3v) is 6.87. The van der Waals surface area contributed by atoms with Crippen LogP contribution in [0.3, 0.4) is 0 Å². The Labute approximate surface area is 186 Å². The lowest BCUT2D eigenvalue weighted by Gasteiger charge is -2.41. The van der Waals surface area contributed by atoms with Gasteiger partial charge in [0.05, 0.1) is 29.9 Å². The Morgan fingerprint density at radius 1 is 1.09 bits per heavy atom. The maximum Gasteiger partial charge on any atom is 0.165 e. The molecular weight excluding hydrogens is 400 g/mol. The van der Waals surface area contributed by atoms with Gasteiger partial charge in [-0.15, -0.1) is 15.3 Å². The Kier molecular flexibility index (Phi) is 4.77. The molecule has 0 radical (unpaired) electrons. The minimum Gasteiger partial charge on any atom is -0.285 e. The van der Waals surface area contributed by atoms with Crippen LogP contribution in [0.5, 0.6) is 0 Å². The van der Waals surface area contributed by atoms with Crippen LogP contribution in [0.1, 0.15) is 67.9 Å². The van der Waals surface area contributed by atoms with E-state index in [9.17, 15) is 0 Å². The van der Waals surface area contributed by atoms with E-state index in [1.54, 1.807) is 4.68 Å². The van der Waals surface area contributed by atoms with Crippen LogP contribution in [0.4, 0.5) is 0 Å². The number of tetrazole rings is 1. The number of hydrogen-bond donors (Lipinski definition) is 0. The summed E-state index contributed by atoms with van der Waals surface area (Å²) in [5, 5.41) is 30.6. The molecule has 1 saturated carbocycles. The Bertz CT molecular complexity index is 1300. The highest BCUT2D eigenvalue weighted by molar-refractivity contribution is 5.55. The molecular formula is C24H26N8. The highest BCUT2D eigenvalue weighted by Gasteiger charge is 2.44. The van der Waals surface area contributed by atoms with Gasteiger partial charge in [-0.2, -0.15) is 5.26 Å². The van der Waals surface area contributed by atoms with Gasteiger partial charge in [-0.3, -0.25) is 4.40 Å². The van der Waals surface area contributed by atoms with Crippen molar-refractivity contribution in [1.82, 2.24) is 34.8 Å². The van der Waals surface area contributed by atoms with Gasteiger partial charge in [-0.05, 0) is 55.7 Å². The first-order valence-electron chi connectivity index (χ1n) is 11.0. The zero-order valence-electron chi connectivity index (χ0n) is 18.7. The van der Waals surface area contributed by atoms with Crippen molar-refractivity contribution >= 4 is 5.65 Å². The topological polar surface area (TPSA) is 97.6 Å². The van der Waals surface area contributed by atoms with Crippen molar-refractivity contribution in [2.45, 2.75) is 63.8 Å². The molecule has 3 aromatic heterocycles. The smallest absolute Gasteiger partial charge is 0.165 e. The Morgan fingerprint density at radius 3 is 2.56 bits per heavy atom. The van der Waals surface area contributed by atoms with Crippen molar-refractivity contribution in [3.63, 3.8) is 0 Å². The molecule has 0 N–H and O–H groups in total. The van der Waals surface area contributed by atoms with Crippen LogP contribution in [-0.4, -0.2) is 34.8 Å². The summed E-state index contributed by atoms with van der Waals surface area (Å²) in [4.78, 5) is 0. The SMILES string of the molecule is Cc1ccc(C2(c3nnc4c(C(C)(C)c5nnnn5CCC#N)cccn34)CCC2)cc1. The summed E-state index contributed by atoms with van der Waals surface area (Å²) >= 11 is 0. The number of benzene rings is 1. The predicted octanol–water partition coefficient (Wildman–Crippen LogP) is 3.73. The average Bonchev–Trinajstić information content (AvgIpc) is 3.40. The molecule has 0 atom stereocenters. The molecule has 0 spiro atoms. The van der Waals surface area contributed by atoms with Gasteiger partial charge in [0.15, 0.2) is 11.5 Å². The molecule has 162 valence electrons. The molecule has 1 aliphatic rings. The van der Waals surface area contributed by atoms with Crippen molar-refractivity contribution in [3.8, 4) is 6.07 Å². The number of aryl methyl sites for hydroxylation is 2. The van der Waals surface area contributed by atoms with Gasteiger partial charge in [0.25, 0.3) is 0 Å². The summed E-state index contributed by atoms with van der Waals surface area (Å²) < 4.78 is 3.85.